The summed E-state index contributed by atoms with van der Waals surface area (Å²) >= 11 is 12.6. The van der Waals surface area contributed by atoms with Crippen molar-refractivity contribution in [1.82, 2.24) is 14.7 Å². The number of halogens is 2. The minimum atomic E-state index is 0.000138. The van der Waals surface area contributed by atoms with Gasteiger partial charge in [0.1, 0.15) is 0 Å². The number of rotatable bonds is 14. The molecule has 1 saturated heterocycles. The molecule has 1 aliphatic heterocycles. The van der Waals surface area contributed by atoms with Gasteiger partial charge in [0, 0.05) is 70.0 Å². The molecule has 4 rings (SSSR count). The highest BCUT2D eigenvalue weighted by molar-refractivity contribution is 6.42. The predicted molar refractivity (Wildman–Crippen MR) is 175 cm³/mol. The van der Waals surface area contributed by atoms with Crippen molar-refractivity contribution >= 4 is 35.0 Å². The summed E-state index contributed by atoms with van der Waals surface area (Å²) in [5.41, 5.74) is 2.50. The molecule has 1 fully saturated rings. The van der Waals surface area contributed by atoms with E-state index < -0.39 is 0 Å². The Balaban J connectivity index is 1.39. The first-order chi connectivity index (χ1) is 20.9. The van der Waals surface area contributed by atoms with Gasteiger partial charge in [-0.15, -0.1) is 0 Å². The molecule has 43 heavy (non-hydrogen) atoms. The van der Waals surface area contributed by atoms with Gasteiger partial charge in [-0.3, -0.25) is 9.59 Å². The number of unbranched alkanes of at least 4 members (excludes halogenated alkanes) is 1. The molecule has 1 heterocycles. The maximum Gasteiger partial charge on any atom is 0.254 e. The second-order valence-corrected chi connectivity index (χ2v) is 12.2. The van der Waals surface area contributed by atoms with Crippen molar-refractivity contribution in [2.45, 2.75) is 44.1 Å². The minimum absolute atomic E-state index is 0.000138. The van der Waals surface area contributed by atoms with E-state index in [1.54, 1.807) is 12.0 Å². The lowest BCUT2D eigenvalue weighted by Crippen LogP contribution is -2.48. The standard InChI is InChI=1S/C35H43Cl2N3O3/c1-38(34(41)27-11-5-3-6-12-27)26-30(29-15-16-32(36)33(37)25-29)17-21-39-22-18-31(19-23-39)40(20-9-10-24-43-2)35(42)28-13-7-4-8-14-28/h3-8,11-16,25,30-31H,9-10,17-24,26H2,1-2H3/t30-/m1/s1. The summed E-state index contributed by atoms with van der Waals surface area (Å²) in [7, 11) is 3.57. The maximum atomic E-state index is 13.5. The average molecular weight is 625 g/mol. The highest BCUT2D eigenvalue weighted by Crippen LogP contribution is 2.30. The average Bonchev–Trinajstić information content (AvgIpc) is 3.05. The van der Waals surface area contributed by atoms with E-state index in [0.29, 0.717) is 28.8 Å². The predicted octanol–water partition coefficient (Wildman–Crippen LogP) is 7.27. The molecule has 0 aromatic heterocycles. The molecule has 1 atom stereocenters. The summed E-state index contributed by atoms with van der Waals surface area (Å²) < 4.78 is 5.23. The molecule has 1 aliphatic rings. The molecular formula is C35H43Cl2N3O3. The SMILES string of the molecule is COCCCCN(C(=O)c1ccccc1)C1CCN(CC[C@H](CN(C)C(=O)c2ccccc2)c2ccc(Cl)c(Cl)c2)CC1. The Morgan fingerprint density at radius 1 is 0.884 bits per heavy atom. The van der Waals surface area contributed by atoms with Crippen LogP contribution in [0.15, 0.2) is 78.9 Å². The van der Waals surface area contributed by atoms with E-state index in [1.807, 2.05) is 85.9 Å². The molecule has 8 heteroatoms. The molecule has 230 valence electrons. The van der Waals surface area contributed by atoms with Crippen LogP contribution in [0.5, 0.6) is 0 Å². The Bertz CT molecular complexity index is 1300. The number of amides is 2. The minimum Gasteiger partial charge on any atom is -0.385 e. The molecule has 3 aromatic rings. The van der Waals surface area contributed by atoms with Crippen LogP contribution >= 0.6 is 23.2 Å². The third kappa shape index (κ3) is 9.54. The summed E-state index contributed by atoms with van der Waals surface area (Å²) in [6, 6.07) is 25.0. The number of carbonyl (C=O) groups excluding carboxylic acids is 2. The molecule has 0 N–H and O–H groups in total. The number of hydrogen-bond donors (Lipinski definition) is 0. The molecule has 2 amide bonds. The van der Waals surface area contributed by atoms with Crippen molar-refractivity contribution in [2.75, 3.05) is 53.5 Å². The summed E-state index contributed by atoms with van der Waals surface area (Å²) in [6.07, 6.45) is 4.61. The van der Waals surface area contributed by atoms with Gasteiger partial charge in [0.25, 0.3) is 11.8 Å². The van der Waals surface area contributed by atoms with Crippen LogP contribution in [-0.4, -0.2) is 86.0 Å². The number of likely N-dealkylation sites (N-methyl/N-ethyl adjacent to an activating group) is 1. The first kappa shape index (κ1) is 33.0. The number of likely N-dealkylation sites (tertiary alicyclic amines) is 1. The molecule has 6 nitrogen and oxygen atoms in total. The van der Waals surface area contributed by atoms with Crippen LogP contribution in [0.2, 0.25) is 10.0 Å². The van der Waals surface area contributed by atoms with E-state index in [1.165, 1.54) is 0 Å². The molecule has 0 spiro atoms. The fourth-order valence-electron chi connectivity index (χ4n) is 5.86. The molecule has 0 unspecified atom stereocenters. The van der Waals surface area contributed by atoms with Crippen LogP contribution < -0.4 is 0 Å². The summed E-state index contributed by atoms with van der Waals surface area (Å²) in [5, 5.41) is 1.05. The Kier molecular flexibility index (Phi) is 12.9. The van der Waals surface area contributed by atoms with Crippen molar-refractivity contribution in [1.29, 1.82) is 0 Å². The molecular weight excluding hydrogens is 581 g/mol. The second-order valence-electron chi connectivity index (χ2n) is 11.3. The van der Waals surface area contributed by atoms with Gasteiger partial charge in [0.2, 0.25) is 0 Å². The van der Waals surface area contributed by atoms with Crippen LogP contribution in [0.25, 0.3) is 0 Å². The third-order valence-electron chi connectivity index (χ3n) is 8.35. The van der Waals surface area contributed by atoms with Crippen LogP contribution in [-0.2, 0) is 4.74 Å². The van der Waals surface area contributed by atoms with E-state index in [-0.39, 0.29) is 23.8 Å². The van der Waals surface area contributed by atoms with Gasteiger partial charge in [-0.05, 0) is 80.6 Å². The number of benzene rings is 3. The largest absolute Gasteiger partial charge is 0.385 e. The molecule has 0 bridgehead atoms. The number of ether oxygens (including phenoxy) is 1. The molecule has 0 aliphatic carbocycles. The third-order valence-corrected chi connectivity index (χ3v) is 9.09. The van der Waals surface area contributed by atoms with Crippen LogP contribution in [0.3, 0.4) is 0 Å². The number of hydrogen-bond acceptors (Lipinski definition) is 4. The topological polar surface area (TPSA) is 53.1 Å². The van der Waals surface area contributed by atoms with E-state index in [4.69, 9.17) is 27.9 Å². The van der Waals surface area contributed by atoms with Crippen molar-refractivity contribution in [3.05, 3.63) is 106 Å². The maximum absolute atomic E-state index is 13.5. The Morgan fingerprint density at radius 3 is 2.12 bits per heavy atom. The number of piperidine rings is 1. The molecule has 0 saturated carbocycles. The zero-order chi connectivity index (χ0) is 30.6. The first-order valence-electron chi connectivity index (χ1n) is 15.2. The van der Waals surface area contributed by atoms with Gasteiger partial charge < -0.3 is 19.4 Å². The number of methoxy groups -OCH3 is 1. The van der Waals surface area contributed by atoms with Gasteiger partial charge in [0.05, 0.1) is 10.0 Å². The zero-order valence-electron chi connectivity index (χ0n) is 25.3. The molecule has 3 aromatic carbocycles. The van der Waals surface area contributed by atoms with Crippen LogP contribution in [0.4, 0.5) is 0 Å². The second kappa shape index (κ2) is 16.8. The normalized spacial score (nSPS) is 14.8. The van der Waals surface area contributed by atoms with Gasteiger partial charge >= 0.3 is 0 Å². The smallest absolute Gasteiger partial charge is 0.254 e. The quantitative estimate of drug-likeness (QED) is 0.177. The lowest BCUT2D eigenvalue weighted by molar-refractivity contribution is 0.0555. The van der Waals surface area contributed by atoms with Crippen LogP contribution in [0, 0.1) is 0 Å². The number of nitrogens with zero attached hydrogens (tertiary/aromatic N) is 3. The lowest BCUT2D eigenvalue weighted by Gasteiger charge is -2.39. The zero-order valence-corrected chi connectivity index (χ0v) is 26.8. The Labute approximate surface area is 266 Å². The van der Waals surface area contributed by atoms with E-state index in [9.17, 15) is 9.59 Å². The van der Waals surface area contributed by atoms with Crippen molar-refractivity contribution in [2.24, 2.45) is 0 Å². The fourth-order valence-corrected chi connectivity index (χ4v) is 6.17. The van der Waals surface area contributed by atoms with Gasteiger partial charge in [-0.1, -0.05) is 65.7 Å². The van der Waals surface area contributed by atoms with Gasteiger partial charge in [-0.25, -0.2) is 0 Å². The fraction of sp³-hybridized carbons (Fsp3) is 0.429. The van der Waals surface area contributed by atoms with E-state index >= 15 is 0 Å². The number of carbonyl (C=O) groups is 2. The summed E-state index contributed by atoms with van der Waals surface area (Å²) in [6.45, 7) is 4.76. The van der Waals surface area contributed by atoms with E-state index in [2.05, 4.69) is 9.80 Å². The summed E-state index contributed by atoms with van der Waals surface area (Å²) in [5.74, 6) is 0.213. The monoisotopic (exact) mass is 623 g/mol. The Morgan fingerprint density at radius 2 is 1.51 bits per heavy atom. The van der Waals surface area contributed by atoms with E-state index in [0.717, 1.165) is 69.4 Å². The first-order valence-corrected chi connectivity index (χ1v) is 16.0. The van der Waals surface area contributed by atoms with Crippen molar-refractivity contribution < 1.29 is 14.3 Å². The van der Waals surface area contributed by atoms with Crippen LogP contribution in [0.1, 0.15) is 64.3 Å². The lowest BCUT2D eigenvalue weighted by atomic mass is 9.93. The highest BCUT2D eigenvalue weighted by atomic mass is 35.5. The van der Waals surface area contributed by atoms with Crippen molar-refractivity contribution in [3.8, 4) is 0 Å². The van der Waals surface area contributed by atoms with Gasteiger partial charge in [0.15, 0.2) is 0 Å². The van der Waals surface area contributed by atoms with Gasteiger partial charge in [-0.2, -0.15) is 0 Å². The van der Waals surface area contributed by atoms with Crippen molar-refractivity contribution in [3.63, 3.8) is 0 Å². The highest BCUT2D eigenvalue weighted by Gasteiger charge is 2.29. The Hall–Kier alpha value is -2.90. The molecule has 0 radical (unpaired) electrons. The summed E-state index contributed by atoms with van der Waals surface area (Å²) in [4.78, 5) is 33.0.